The Hall–Kier alpha value is -3.10. The number of carbonyl (C=O) groups excluding carboxylic acids is 1. The first-order valence-corrected chi connectivity index (χ1v) is 12.2. The maximum atomic E-state index is 13.3. The fourth-order valence-electron chi connectivity index (χ4n) is 3.48. The number of rotatable bonds is 8. The number of anilines is 1. The third-order valence-electron chi connectivity index (χ3n) is 5.33. The molecule has 172 valence electrons. The van der Waals surface area contributed by atoms with E-state index in [9.17, 15) is 17.6 Å². The molecule has 0 spiro atoms. The van der Waals surface area contributed by atoms with Crippen LogP contribution in [0.3, 0.4) is 0 Å². The molecule has 1 aliphatic rings. The van der Waals surface area contributed by atoms with Gasteiger partial charge in [-0.15, -0.1) is 0 Å². The van der Waals surface area contributed by atoms with E-state index in [2.05, 4.69) is 4.72 Å². The minimum Gasteiger partial charge on any atom is -0.495 e. The summed E-state index contributed by atoms with van der Waals surface area (Å²) >= 11 is 6.21. The van der Waals surface area contributed by atoms with E-state index in [-0.39, 0.29) is 38.9 Å². The highest BCUT2D eigenvalue weighted by atomic mass is 35.5. The average Bonchev–Trinajstić information content (AvgIpc) is 3.64. The van der Waals surface area contributed by atoms with Gasteiger partial charge in [0.2, 0.25) is 0 Å². The van der Waals surface area contributed by atoms with Crippen molar-refractivity contribution in [3.63, 3.8) is 0 Å². The van der Waals surface area contributed by atoms with Gasteiger partial charge in [0.05, 0.1) is 17.8 Å². The van der Waals surface area contributed by atoms with Gasteiger partial charge in [-0.25, -0.2) is 12.8 Å². The van der Waals surface area contributed by atoms with Crippen LogP contribution in [0.1, 0.15) is 28.8 Å². The second kappa shape index (κ2) is 9.41. The molecule has 6 nitrogen and oxygen atoms in total. The van der Waals surface area contributed by atoms with Crippen LogP contribution in [0.4, 0.5) is 10.1 Å². The van der Waals surface area contributed by atoms with Gasteiger partial charge in [0.1, 0.15) is 16.5 Å². The second-order valence-electron chi connectivity index (χ2n) is 7.74. The average molecular weight is 489 g/mol. The van der Waals surface area contributed by atoms with Gasteiger partial charge in [-0.05, 0) is 60.9 Å². The molecule has 0 unspecified atom stereocenters. The topological polar surface area (TPSA) is 75.7 Å². The van der Waals surface area contributed by atoms with Crippen LogP contribution in [0, 0.1) is 5.82 Å². The Morgan fingerprint density at radius 1 is 1.12 bits per heavy atom. The molecule has 0 radical (unpaired) electrons. The third kappa shape index (κ3) is 5.29. The summed E-state index contributed by atoms with van der Waals surface area (Å²) in [4.78, 5) is 14.8. The maximum Gasteiger partial charge on any atom is 0.263 e. The lowest BCUT2D eigenvalue weighted by Gasteiger charge is -2.23. The van der Waals surface area contributed by atoms with Crippen LogP contribution < -0.4 is 9.46 Å². The summed E-state index contributed by atoms with van der Waals surface area (Å²) in [6.45, 7) is 0.300. The van der Waals surface area contributed by atoms with Crippen LogP contribution in [-0.4, -0.2) is 32.4 Å². The predicted octanol–water partition coefficient (Wildman–Crippen LogP) is 5.09. The van der Waals surface area contributed by atoms with Crippen molar-refractivity contribution >= 4 is 33.2 Å². The summed E-state index contributed by atoms with van der Waals surface area (Å²) in [5.41, 5.74) is 1.24. The molecule has 0 aliphatic heterocycles. The zero-order valence-electron chi connectivity index (χ0n) is 17.8. The Labute approximate surface area is 197 Å². The minimum atomic E-state index is -4.10. The summed E-state index contributed by atoms with van der Waals surface area (Å²) < 4.78 is 47.1. The van der Waals surface area contributed by atoms with Crippen LogP contribution in [0.25, 0.3) is 0 Å². The number of halogens is 2. The minimum absolute atomic E-state index is 0.00884. The summed E-state index contributed by atoms with van der Waals surface area (Å²) in [5, 5.41) is -0.00884. The van der Waals surface area contributed by atoms with Crippen molar-refractivity contribution < 1.29 is 22.3 Å². The van der Waals surface area contributed by atoms with E-state index in [0.29, 0.717) is 12.3 Å². The SMILES string of the molecule is COc1ccccc1NS(=O)(=O)c1cc(C(=O)N(Cc2ccc(F)cc2)C2CC2)ccc1Cl. The van der Waals surface area contributed by atoms with Gasteiger partial charge in [0.25, 0.3) is 15.9 Å². The van der Waals surface area contributed by atoms with Crippen molar-refractivity contribution in [1.29, 1.82) is 0 Å². The van der Waals surface area contributed by atoms with E-state index in [1.165, 1.54) is 37.4 Å². The Morgan fingerprint density at radius 2 is 1.82 bits per heavy atom. The Bertz CT molecular complexity index is 1280. The quantitative estimate of drug-likeness (QED) is 0.479. The molecule has 4 rings (SSSR count). The molecule has 1 aliphatic carbocycles. The van der Waals surface area contributed by atoms with Crippen LogP contribution in [0.15, 0.2) is 71.6 Å². The van der Waals surface area contributed by atoms with Crippen LogP contribution in [0.5, 0.6) is 5.75 Å². The van der Waals surface area contributed by atoms with Crippen molar-refractivity contribution in [3.8, 4) is 5.75 Å². The Kier molecular flexibility index (Phi) is 6.58. The monoisotopic (exact) mass is 488 g/mol. The lowest BCUT2D eigenvalue weighted by Crippen LogP contribution is -2.32. The van der Waals surface area contributed by atoms with Gasteiger partial charge in [-0.2, -0.15) is 0 Å². The number of benzene rings is 3. The third-order valence-corrected chi connectivity index (χ3v) is 7.18. The highest BCUT2D eigenvalue weighted by Crippen LogP contribution is 2.32. The van der Waals surface area contributed by atoms with E-state index in [1.807, 2.05) is 0 Å². The number of nitrogens with zero attached hydrogens (tertiary/aromatic N) is 1. The Balaban J connectivity index is 1.62. The van der Waals surface area contributed by atoms with Crippen LogP contribution in [-0.2, 0) is 16.6 Å². The molecule has 1 fully saturated rings. The van der Waals surface area contributed by atoms with Crippen molar-refractivity contribution in [2.24, 2.45) is 0 Å². The highest BCUT2D eigenvalue weighted by Gasteiger charge is 2.34. The fraction of sp³-hybridized carbons (Fsp3) is 0.208. The standard InChI is InChI=1S/C24H22ClFN2O4S/c1-32-22-5-3-2-4-21(22)27-33(30,31)23-14-17(8-13-20(23)25)24(29)28(19-11-12-19)15-16-6-9-18(26)10-7-16/h2-10,13-14,19,27H,11-12,15H2,1H3. The van der Waals surface area contributed by atoms with Gasteiger partial charge in [-0.3, -0.25) is 9.52 Å². The van der Waals surface area contributed by atoms with E-state index in [1.54, 1.807) is 41.3 Å². The molecule has 0 heterocycles. The molecule has 1 N–H and O–H groups in total. The molecule has 3 aromatic carbocycles. The molecule has 0 saturated heterocycles. The van der Waals surface area contributed by atoms with Crippen LogP contribution >= 0.6 is 11.6 Å². The van der Waals surface area contributed by atoms with E-state index in [0.717, 1.165) is 18.4 Å². The van der Waals surface area contributed by atoms with Crippen molar-refractivity contribution in [1.82, 2.24) is 4.90 Å². The molecule has 9 heteroatoms. The van der Waals surface area contributed by atoms with E-state index >= 15 is 0 Å². The summed E-state index contributed by atoms with van der Waals surface area (Å²) in [6.07, 6.45) is 1.72. The first-order valence-electron chi connectivity index (χ1n) is 10.3. The molecule has 0 aromatic heterocycles. The van der Waals surface area contributed by atoms with Gasteiger partial charge in [0.15, 0.2) is 0 Å². The number of hydrogen-bond acceptors (Lipinski definition) is 4. The number of amides is 1. The van der Waals surface area contributed by atoms with E-state index < -0.39 is 10.0 Å². The molecule has 33 heavy (non-hydrogen) atoms. The molecule has 0 bridgehead atoms. The predicted molar refractivity (Wildman–Crippen MR) is 125 cm³/mol. The number of hydrogen-bond donors (Lipinski definition) is 1. The normalized spacial score (nSPS) is 13.4. The number of nitrogens with one attached hydrogen (secondary N) is 1. The smallest absolute Gasteiger partial charge is 0.263 e. The fourth-order valence-corrected chi connectivity index (χ4v) is 5.07. The highest BCUT2D eigenvalue weighted by molar-refractivity contribution is 7.92. The zero-order chi connectivity index (χ0) is 23.6. The lowest BCUT2D eigenvalue weighted by molar-refractivity contribution is 0.0729. The summed E-state index contributed by atoms with van der Waals surface area (Å²) in [5.74, 6) is -0.311. The van der Waals surface area contributed by atoms with Crippen LogP contribution in [0.2, 0.25) is 5.02 Å². The van der Waals surface area contributed by atoms with Gasteiger partial charge in [-0.1, -0.05) is 35.9 Å². The van der Waals surface area contributed by atoms with Crippen molar-refractivity contribution in [2.45, 2.75) is 30.3 Å². The first kappa shape index (κ1) is 23.1. The zero-order valence-corrected chi connectivity index (χ0v) is 19.4. The number of methoxy groups -OCH3 is 1. The van der Waals surface area contributed by atoms with E-state index in [4.69, 9.17) is 16.3 Å². The number of para-hydroxylation sites is 2. The molecule has 3 aromatic rings. The number of sulfonamides is 1. The largest absolute Gasteiger partial charge is 0.495 e. The van der Waals surface area contributed by atoms with Crippen molar-refractivity contribution in [3.05, 3.63) is 88.7 Å². The van der Waals surface area contributed by atoms with Gasteiger partial charge in [0, 0.05) is 18.2 Å². The molecule has 1 amide bonds. The lowest BCUT2D eigenvalue weighted by atomic mass is 10.1. The molecule has 1 saturated carbocycles. The first-order chi connectivity index (χ1) is 15.8. The molecule has 0 atom stereocenters. The second-order valence-corrected chi connectivity index (χ2v) is 9.80. The number of ether oxygens (including phenoxy) is 1. The summed E-state index contributed by atoms with van der Waals surface area (Å²) in [6, 6.07) is 16.8. The molecular weight excluding hydrogens is 467 g/mol. The Morgan fingerprint density at radius 3 is 2.48 bits per heavy atom. The maximum absolute atomic E-state index is 13.3. The summed E-state index contributed by atoms with van der Waals surface area (Å²) in [7, 11) is -2.66. The number of carbonyl (C=O) groups is 1. The van der Waals surface area contributed by atoms with Gasteiger partial charge >= 0.3 is 0 Å². The van der Waals surface area contributed by atoms with Gasteiger partial charge < -0.3 is 9.64 Å². The molecular formula is C24H22ClFN2O4S. The van der Waals surface area contributed by atoms with Crippen molar-refractivity contribution in [2.75, 3.05) is 11.8 Å².